The zero-order valence-corrected chi connectivity index (χ0v) is 12.7. The van der Waals surface area contributed by atoms with Crippen molar-refractivity contribution in [2.45, 2.75) is 30.7 Å². The van der Waals surface area contributed by atoms with Crippen molar-refractivity contribution in [1.29, 1.82) is 0 Å². The number of hydrogen-bond donors (Lipinski definition) is 1. The molecule has 1 aromatic carbocycles. The molecule has 0 unspecified atom stereocenters. The van der Waals surface area contributed by atoms with Crippen LogP contribution in [0.3, 0.4) is 0 Å². The molecule has 0 saturated carbocycles. The van der Waals surface area contributed by atoms with Crippen LogP contribution in [0.5, 0.6) is 0 Å². The Labute approximate surface area is 124 Å². The Bertz CT molecular complexity index is 572. The van der Waals surface area contributed by atoms with E-state index in [0.717, 1.165) is 19.6 Å². The Balaban J connectivity index is 1.76. The zero-order valence-electron chi connectivity index (χ0n) is 11.9. The van der Waals surface area contributed by atoms with E-state index in [1.165, 1.54) is 28.5 Å². The molecule has 3 rings (SSSR count). The summed E-state index contributed by atoms with van der Waals surface area (Å²) in [7, 11) is 0. The molecule has 106 valence electrons. The van der Waals surface area contributed by atoms with Crippen LogP contribution in [0.1, 0.15) is 19.8 Å². The van der Waals surface area contributed by atoms with Gasteiger partial charge in [-0.05, 0) is 68.4 Å². The molecule has 0 bridgehead atoms. The number of nitrogens with one attached hydrogen (secondary N) is 1. The van der Waals surface area contributed by atoms with Crippen molar-refractivity contribution in [1.82, 2.24) is 14.6 Å². The van der Waals surface area contributed by atoms with E-state index in [2.05, 4.69) is 45.8 Å². The van der Waals surface area contributed by atoms with Gasteiger partial charge in [0.15, 0.2) is 0 Å². The first-order valence-corrected chi connectivity index (χ1v) is 8.09. The summed E-state index contributed by atoms with van der Waals surface area (Å²) >= 11 is 1.90. The van der Waals surface area contributed by atoms with Gasteiger partial charge in [0.25, 0.3) is 0 Å². The van der Waals surface area contributed by atoms with E-state index in [1.54, 1.807) is 0 Å². The first kappa shape index (κ1) is 13.9. The highest BCUT2D eigenvalue weighted by molar-refractivity contribution is 7.97. The number of benzene rings is 1. The second kappa shape index (κ2) is 6.57. The van der Waals surface area contributed by atoms with Crippen LogP contribution in [0.25, 0.3) is 10.8 Å². The molecule has 2 heterocycles. The lowest BCUT2D eigenvalue weighted by Crippen LogP contribution is -2.35. The van der Waals surface area contributed by atoms with E-state index in [-0.39, 0.29) is 0 Å². The fourth-order valence-electron chi connectivity index (χ4n) is 2.55. The number of nitrogens with zero attached hydrogens (tertiary/aromatic N) is 2. The Morgan fingerprint density at radius 2 is 2.20 bits per heavy atom. The number of aromatic nitrogens is 1. The van der Waals surface area contributed by atoms with Gasteiger partial charge < -0.3 is 5.32 Å². The molecule has 1 aromatic heterocycles. The maximum Gasteiger partial charge on any atom is 0.0346 e. The van der Waals surface area contributed by atoms with E-state index in [4.69, 9.17) is 0 Å². The summed E-state index contributed by atoms with van der Waals surface area (Å²) < 4.78 is 2.53. The molecular weight excluding hydrogens is 266 g/mol. The van der Waals surface area contributed by atoms with Gasteiger partial charge in [0.2, 0.25) is 0 Å². The Kier molecular flexibility index (Phi) is 4.55. The minimum absolute atomic E-state index is 0.612. The largest absolute Gasteiger partial charge is 0.317 e. The Morgan fingerprint density at radius 3 is 3.15 bits per heavy atom. The van der Waals surface area contributed by atoms with Crippen molar-refractivity contribution in [3.63, 3.8) is 0 Å². The maximum atomic E-state index is 4.17. The topological polar surface area (TPSA) is 28.2 Å². The molecule has 4 heteroatoms. The number of rotatable bonds is 2. The Hall–Kier alpha value is -1.10. The highest BCUT2D eigenvalue weighted by atomic mass is 32.2. The van der Waals surface area contributed by atoms with Crippen molar-refractivity contribution in [3.05, 3.63) is 36.7 Å². The monoisotopic (exact) mass is 287 g/mol. The standard InChI is InChI=1S/C16H21N3S/c1-13-5-8-17-7-2-10-19(13)20-16-4-3-15-12-18-9-6-14(15)11-16/h3-4,6,9,11-13,17H,2,5,7-8,10H2,1H3/t13-/m1/s1. The van der Waals surface area contributed by atoms with E-state index in [9.17, 15) is 0 Å². The smallest absolute Gasteiger partial charge is 0.0346 e. The fraction of sp³-hybridized carbons (Fsp3) is 0.438. The van der Waals surface area contributed by atoms with Crippen LogP contribution < -0.4 is 5.32 Å². The molecule has 20 heavy (non-hydrogen) atoms. The molecule has 1 aliphatic heterocycles. The molecule has 0 radical (unpaired) electrons. The van der Waals surface area contributed by atoms with E-state index >= 15 is 0 Å². The fourth-order valence-corrected chi connectivity index (χ4v) is 3.63. The Morgan fingerprint density at radius 1 is 1.25 bits per heavy atom. The summed E-state index contributed by atoms with van der Waals surface area (Å²) in [5, 5.41) is 5.96. The molecule has 0 amide bonds. The number of fused-ring (bicyclic) bond motifs is 1. The van der Waals surface area contributed by atoms with Crippen LogP contribution in [0.2, 0.25) is 0 Å². The van der Waals surface area contributed by atoms with Crippen molar-refractivity contribution in [2.75, 3.05) is 19.6 Å². The van der Waals surface area contributed by atoms with Crippen LogP contribution >= 0.6 is 11.9 Å². The lowest BCUT2D eigenvalue weighted by atomic mass is 10.2. The molecule has 1 fully saturated rings. The van der Waals surface area contributed by atoms with Crippen LogP contribution in [0.15, 0.2) is 41.6 Å². The normalized spacial score (nSPS) is 21.6. The first-order chi connectivity index (χ1) is 9.83. The van der Waals surface area contributed by atoms with E-state index in [1.807, 2.05) is 24.3 Å². The van der Waals surface area contributed by atoms with Gasteiger partial charge in [-0.25, -0.2) is 4.31 Å². The average Bonchev–Trinajstić information content (AvgIpc) is 2.47. The minimum Gasteiger partial charge on any atom is -0.317 e. The van der Waals surface area contributed by atoms with Gasteiger partial charge in [0, 0.05) is 35.3 Å². The summed E-state index contributed by atoms with van der Waals surface area (Å²) in [6, 6.07) is 9.34. The van der Waals surface area contributed by atoms with Crippen molar-refractivity contribution in [3.8, 4) is 0 Å². The maximum absolute atomic E-state index is 4.17. The van der Waals surface area contributed by atoms with Crippen LogP contribution in [-0.2, 0) is 0 Å². The predicted molar refractivity (Wildman–Crippen MR) is 85.9 cm³/mol. The molecule has 1 aliphatic rings. The number of pyridine rings is 1. The highest BCUT2D eigenvalue weighted by Gasteiger charge is 2.16. The van der Waals surface area contributed by atoms with Crippen LogP contribution in [-0.4, -0.2) is 35.0 Å². The van der Waals surface area contributed by atoms with E-state index in [0.29, 0.717) is 6.04 Å². The van der Waals surface area contributed by atoms with Crippen molar-refractivity contribution < 1.29 is 0 Å². The molecule has 1 saturated heterocycles. The summed E-state index contributed by atoms with van der Waals surface area (Å²) in [4.78, 5) is 5.49. The summed E-state index contributed by atoms with van der Waals surface area (Å²) in [6.45, 7) is 5.73. The summed E-state index contributed by atoms with van der Waals surface area (Å²) in [6.07, 6.45) is 6.22. The quantitative estimate of drug-likeness (QED) is 0.858. The molecule has 1 atom stereocenters. The van der Waals surface area contributed by atoms with Gasteiger partial charge in [-0.15, -0.1) is 0 Å². The molecule has 2 aromatic rings. The van der Waals surface area contributed by atoms with Gasteiger partial charge in [-0.2, -0.15) is 0 Å². The van der Waals surface area contributed by atoms with E-state index < -0.39 is 0 Å². The molecule has 1 N–H and O–H groups in total. The highest BCUT2D eigenvalue weighted by Crippen LogP contribution is 2.29. The van der Waals surface area contributed by atoms with Gasteiger partial charge >= 0.3 is 0 Å². The van der Waals surface area contributed by atoms with Gasteiger partial charge in [0.05, 0.1) is 0 Å². The SMILES string of the molecule is C[C@@H]1CCNCCCN1Sc1ccc2cnccc2c1. The zero-order chi connectivity index (χ0) is 13.8. The molecule has 3 nitrogen and oxygen atoms in total. The predicted octanol–water partition coefficient (Wildman–Crippen LogP) is 3.32. The van der Waals surface area contributed by atoms with Gasteiger partial charge in [0.1, 0.15) is 0 Å². The minimum atomic E-state index is 0.612. The molecule has 0 aliphatic carbocycles. The third-order valence-corrected chi connectivity index (χ3v) is 5.04. The third kappa shape index (κ3) is 3.32. The average molecular weight is 287 g/mol. The van der Waals surface area contributed by atoms with Crippen LogP contribution in [0.4, 0.5) is 0 Å². The molecule has 0 spiro atoms. The summed E-state index contributed by atoms with van der Waals surface area (Å²) in [5.74, 6) is 0. The molecular formula is C16H21N3S. The second-order valence-corrected chi connectivity index (χ2v) is 6.48. The summed E-state index contributed by atoms with van der Waals surface area (Å²) in [5.41, 5.74) is 0. The lowest BCUT2D eigenvalue weighted by Gasteiger charge is -2.30. The third-order valence-electron chi connectivity index (χ3n) is 3.80. The van der Waals surface area contributed by atoms with Gasteiger partial charge in [-0.3, -0.25) is 4.98 Å². The first-order valence-electron chi connectivity index (χ1n) is 7.32. The van der Waals surface area contributed by atoms with Crippen molar-refractivity contribution >= 4 is 22.7 Å². The number of hydrogen-bond acceptors (Lipinski definition) is 4. The van der Waals surface area contributed by atoms with Gasteiger partial charge in [-0.1, -0.05) is 6.07 Å². The second-order valence-electron chi connectivity index (χ2n) is 5.36. The lowest BCUT2D eigenvalue weighted by molar-refractivity contribution is 0.323. The van der Waals surface area contributed by atoms with Crippen LogP contribution in [0, 0.1) is 0 Å². The van der Waals surface area contributed by atoms with Crippen molar-refractivity contribution in [2.24, 2.45) is 0 Å².